The molecule has 1 N–H and O–H groups in total. The molecule has 9 nitrogen and oxygen atoms in total. The van der Waals surface area contributed by atoms with Gasteiger partial charge in [0.05, 0.1) is 30.0 Å². The summed E-state index contributed by atoms with van der Waals surface area (Å²) in [6.07, 6.45) is 1.72. The van der Waals surface area contributed by atoms with Crippen LogP contribution in [-0.4, -0.2) is 66.1 Å². The Kier molecular flexibility index (Phi) is 6.15. The van der Waals surface area contributed by atoms with Crippen molar-refractivity contribution in [2.24, 2.45) is 4.99 Å². The number of rotatable bonds is 4. The van der Waals surface area contributed by atoms with E-state index in [-0.39, 0.29) is 0 Å². The summed E-state index contributed by atoms with van der Waals surface area (Å²) in [4.78, 5) is 22.0. The minimum atomic E-state index is 0.509. The molecule has 0 unspecified atom stereocenters. The van der Waals surface area contributed by atoms with Crippen molar-refractivity contribution in [3.63, 3.8) is 0 Å². The quantitative estimate of drug-likeness (QED) is 0.571. The zero-order valence-electron chi connectivity index (χ0n) is 16.0. The number of nitrogens with zero attached hydrogens (tertiary/aromatic N) is 6. The molecule has 0 spiro atoms. The molecule has 1 saturated heterocycles. The number of oxazole rings is 1. The molecule has 3 rings (SSSR count). The van der Waals surface area contributed by atoms with Crippen molar-refractivity contribution in [1.29, 1.82) is 0 Å². The van der Waals surface area contributed by atoms with Gasteiger partial charge < -0.3 is 24.3 Å². The van der Waals surface area contributed by atoms with Crippen LogP contribution in [0.2, 0.25) is 0 Å². The molecule has 3 heterocycles. The summed E-state index contributed by atoms with van der Waals surface area (Å²) >= 11 is 3.38. The number of anilines is 1. The Morgan fingerprint density at radius 2 is 2.04 bits per heavy atom. The smallest absolute Gasteiger partial charge is 0.232 e. The minimum Gasteiger partial charge on any atom is -0.480 e. The molecule has 0 atom stereocenters. The molecule has 0 bridgehead atoms. The number of methoxy groups -OCH3 is 1. The molecule has 0 radical (unpaired) electrons. The Morgan fingerprint density at radius 1 is 1.30 bits per heavy atom. The highest BCUT2D eigenvalue weighted by molar-refractivity contribution is 9.10. The number of halogens is 1. The first-order chi connectivity index (χ1) is 13.0. The van der Waals surface area contributed by atoms with Crippen LogP contribution in [0.5, 0.6) is 5.88 Å². The molecule has 0 aromatic carbocycles. The minimum absolute atomic E-state index is 0.509. The maximum absolute atomic E-state index is 5.62. The van der Waals surface area contributed by atoms with E-state index >= 15 is 0 Å². The second kappa shape index (κ2) is 8.55. The van der Waals surface area contributed by atoms with Gasteiger partial charge in [-0.2, -0.15) is 4.98 Å². The molecule has 2 aromatic heterocycles. The highest BCUT2D eigenvalue weighted by Crippen LogP contribution is 2.23. The van der Waals surface area contributed by atoms with Crippen molar-refractivity contribution in [3.8, 4) is 5.88 Å². The average molecular weight is 438 g/mol. The van der Waals surface area contributed by atoms with E-state index in [1.165, 1.54) is 0 Å². The van der Waals surface area contributed by atoms with Gasteiger partial charge >= 0.3 is 0 Å². The van der Waals surface area contributed by atoms with Crippen molar-refractivity contribution in [2.75, 3.05) is 45.2 Å². The second-order valence-corrected chi connectivity index (χ2v) is 7.01. The third kappa shape index (κ3) is 4.49. The van der Waals surface area contributed by atoms with E-state index in [1.807, 2.05) is 13.8 Å². The Bertz CT molecular complexity index is 796. The van der Waals surface area contributed by atoms with Gasteiger partial charge in [0.1, 0.15) is 5.76 Å². The molecule has 1 fully saturated rings. The summed E-state index contributed by atoms with van der Waals surface area (Å²) in [5.41, 5.74) is 0.917. The zero-order chi connectivity index (χ0) is 19.4. The molecule has 1 aliphatic heterocycles. The lowest BCUT2D eigenvalue weighted by atomic mass is 10.3. The van der Waals surface area contributed by atoms with Crippen LogP contribution in [-0.2, 0) is 6.54 Å². The van der Waals surface area contributed by atoms with Crippen LogP contribution in [0.3, 0.4) is 0 Å². The third-order valence-corrected chi connectivity index (χ3v) is 4.98. The fraction of sp³-hybridized carbons (Fsp3) is 0.529. The number of ether oxygens (including phenoxy) is 1. The van der Waals surface area contributed by atoms with Gasteiger partial charge in [-0.1, -0.05) is 0 Å². The largest absolute Gasteiger partial charge is 0.480 e. The molecule has 2 aromatic rings. The summed E-state index contributed by atoms with van der Waals surface area (Å²) in [5, 5.41) is 3.32. The van der Waals surface area contributed by atoms with Gasteiger partial charge in [0, 0.05) is 33.2 Å². The maximum atomic E-state index is 5.62. The van der Waals surface area contributed by atoms with Gasteiger partial charge in [0.15, 0.2) is 5.96 Å². The monoisotopic (exact) mass is 437 g/mol. The average Bonchev–Trinajstić information content (AvgIpc) is 3.01. The number of hydrogen-bond acceptors (Lipinski definition) is 7. The van der Waals surface area contributed by atoms with Crippen LogP contribution in [0.1, 0.15) is 17.3 Å². The fourth-order valence-electron chi connectivity index (χ4n) is 2.86. The lowest BCUT2D eigenvalue weighted by Gasteiger charge is -2.36. The summed E-state index contributed by atoms with van der Waals surface area (Å²) in [6, 6.07) is 0. The van der Waals surface area contributed by atoms with E-state index in [9.17, 15) is 0 Å². The van der Waals surface area contributed by atoms with Gasteiger partial charge in [0.2, 0.25) is 17.7 Å². The van der Waals surface area contributed by atoms with Gasteiger partial charge in [-0.15, -0.1) is 0 Å². The predicted octanol–water partition coefficient (Wildman–Crippen LogP) is 1.75. The molecular weight excluding hydrogens is 414 g/mol. The molecule has 1 aliphatic rings. The second-order valence-electron chi connectivity index (χ2n) is 6.15. The summed E-state index contributed by atoms with van der Waals surface area (Å²) < 4.78 is 11.6. The maximum Gasteiger partial charge on any atom is 0.232 e. The molecular formula is C17H24BrN7O2. The van der Waals surface area contributed by atoms with Crippen LogP contribution in [0.4, 0.5) is 5.95 Å². The lowest BCUT2D eigenvalue weighted by Crippen LogP contribution is -2.52. The van der Waals surface area contributed by atoms with E-state index in [4.69, 9.17) is 9.15 Å². The normalized spacial score (nSPS) is 15.2. The van der Waals surface area contributed by atoms with E-state index in [0.29, 0.717) is 24.3 Å². The van der Waals surface area contributed by atoms with Gasteiger partial charge in [-0.05, 0) is 29.8 Å². The van der Waals surface area contributed by atoms with E-state index < -0.39 is 0 Å². The van der Waals surface area contributed by atoms with Crippen molar-refractivity contribution < 1.29 is 9.15 Å². The number of hydrogen-bond donors (Lipinski definition) is 1. The van der Waals surface area contributed by atoms with Crippen LogP contribution in [0, 0.1) is 13.8 Å². The molecule has 27 heavy (non-hydrogen) atoms. The SMILES string of the molecule is CN=C(NCc1nc(C)c(C)o1)N1CCN(c2ncc(Br)c(OC)n2)CC1. The lowest BCUT2D eigenvalue weighted by molar-refractivity contribution is 0.363. The standard InChI is InChI=1S/C17H24BrN7O2/c1-11-12(2)27-14(22-11)10-21-16(19-3)24-5-7-25(8-6-24)17-20-9-13(18)15(23-17)26-4/h9H,5-8,10H2,1-4H3,(H,19,21). The van der Waals surface area contributed by atoms with Crippen molar-refractivity contribution >= 4 is 27.8 Å². The summed E-state index contributed by atoms with van der Waals surface area (Å²) in [5.74, 6) is 3.55. The van der Waals surface area contributed by atoms with Crippen LogP contribution >= 0.6 is 15.9 Å². The summed E-state index contributed by atoms with van der Waals surface area (Å²) in [6.45, 7) is 7.57. The van der Waals surface area contributed by atoms with Crippen molar-refractivity contribution in [2.45, 2.75) is 20.4 Å². The topological polar surface area (TPSA) is 91.9 Å². The van der Waals surface area contributed by atoms with Crippen LogP contribution in [0.15, 0.2) is 20.1 Å². The third-order valence-electron chi connectivity index (χ3n) is 4.44. The highest BCUT2D eigenvalue weighted by atomic mass is 79.9. The summed E-state index contributed by atoms with van der Waals surface area (Å²) in [7, 11) is 3.38. The first kappa shape index (κ1) is 19.4. The van der Waals surface area contributed by atoms with Gasteiger partial charge in [-0.25, -0.2) is 9.97 Å². The van der Waals surface area contributed by atoms with Gasteiger partial charge in [-0.3, -0.25) is 4.99 Å². The number of aliphatic imine (C=N–C) groups is 1. The van der Waals surface area contributed by atoms with Crippen molar-refractivity contribution in [1.82, 2.24) is 25.2 Å². The first-order valence-corrected chi connectivity index (χ1v) is 9.51. The zero-order valence-corrected chi connectivity index (χ0v) is 17.6. The molecule has 10 heteroatoms. The van der Waals surface area contributed by atoms with Crippen LogP contribution < -0.4 is 15.0 Å². The Balaban J connectivity index is 1.57. The predicted molar refractivity (Wildman–Crippen MR) is 106 cm³/mol. The van der Waals surface area contributed by atoms with E-state index in [1.54, 1.807) is 20.4 Å². The fourth-order valence-corrected chi connectivity index (χ4v) is 3.21. The molecule has 0 aliphatic carbocycles. The van der Waals surface area contributed by atoms with Crippen LogP contribution in [0.25, 0.3) is 0 Å². The van der Waals surface area contributed by atoms with E-state index in [2.05, 4.69) is 51.0 Å². The van der Waals surface area contributed by atoms with E-state index in [0.717, 1.165) is 48.1 Å². The Morgan fingerprint density at radius 3 is 2.63 bits per heavy atom. The molecule has 0 amide bonds. The number of piperazine rings is 1. The number of nitrogens with one attached hydrogen (secondary N) is 1. The van der Waals surface area contributed by atoms with Gasteiger partial charge in [0.25, 0.3) is 0 Å². The first-order valence-electron chi connectivity index (χ1n) is 8.71. The Labute approximate surface area is 167 Å². The Hall–Kier alpha value is -2.36. The van der Waals surface area contributed by atoms with Crippen molar-refractivity contribution in [3.05, 3.63) is 28.0 Å². The number of aryl methyl sites for hydroxylation is 2. The highest BCUT2D eigenvalue weighted by Gasteiger charge is 2.22. The number of guanidine groups is 1. The number of aromatic nitrogens is 3. The molecule has 0 saturated carbocycles. The molecule has 146 valence electrons.